The molecule has 0 saturated carbocycles. The number of nitrogens with zero attached hydrogens (tertiary/aromatic N) is 1. The van der Waals surface area contributed by atoms with Crippen molar-refractivity contribution in [2.24, 2.45) is 5.73 Å². The van der Waals surface area contributed by atoms with Gasteiger partial charge in [-0.2, -0.15) is 0 Å². The number of amides is 1. The Kier molecular flexibility index (Phi) is 3.52. The summed E-state index contributed by atoms with van der Waals surface area (Å²) in [5, 5.41) is 3.41. The molecule has 1 amide bonds. The second kappa shape index (κ2) is 4.94. The highest BCUT2D eigenvalue weighted by molar-refractivity contribution is 5.93. The van der Waals surface area contributed by atoms with E-state index in [4.69, 9.17) is 5.73 Å². The van der Waals surface area contributed by atoms with Crippen LogP contribution in [-0.4, -0.2) is 31.1 Å². The van der Waals surface area contributed by atoms with Gasteiger partial charge in [-0.15, -0.1) is 0 Å². The lowest BCUT2D eigenvalue weighted by Gasteiger charge is -2.37. The van der Waals surface area contributed by atoms with Crippen LogP contribution >= 0.6 is 0 Å². The highest BCUT2D eigenvalue weighted by atomic mass is 19.1. The van der Waals surface area contributed by atoms with E-state index in [1.54, 1.807) is 6.07 Å². The zero-order chi connectivity index (χ0) is 13.3. The van der Waals surface area contributed by atoms with Crippen LogP contribution in [0.25, 0.3) is 0 Å². The fourth-order valence-corrected chi connectivity index (χ4v) is 2.44. The zero-order valence-electron chi connectivity index (χ0n) is 10.6. The lowest BCUT2D eigenvalue weighted by Crippen LogP contribution is -2.54. The molecule has 1 aromatic carbocycles. The van der Waals surface area contributed by atoms with E-state index in [0.29, 0.717) is 12.1 Å². The van der Waals surface area contributed by atoms with Crippen molar-refractivity contribution in [1.29, 1.82) is 0 Å². The number of hydrogen-bond acceptors (Lipinski definition) is 3. The molecule has 2 rings (SSSR count). The molecule has 4 nitrogen and oxygen atoms in total. The molecule has 0 aliphatic carbocycles. The van der Waals surface area contributed by atoms with Crippen molar-refractivity contribution in [3.05, 3.63) is 29.6 Å². The van der Waals surface area contributed by atoms with E-state index in [9.17, 15) is 9.18 Å². The van der Waals surface area contributed by atoms with Crippen molar-refractivity contribution >= 4 is 11.6 Å². The van der Waals surface area contributed by atoms with E-state index in [-0.39, 0.29) is 5.56 Å². The lowest BCUT2D eigenvalue weighted by molar-refractivity contribution is 0.0996. The SMILES string of the molecule is C[C@@H]1CN(c2ccc(C(N)=O)c(F)c2)C[C@H](C)N1. The molecule has 1 aromatic rings. The molecule has 0 spiro atoms. The Labute approximate surface area is 106 Å². The maximum atomic E-state index is 13.7. The van der Waals surface area contributed by atoms with E-state index >= 15 is 0 Å². The molecule has 0 unspecified atom stereocenters. The number of primary amides is 1. The van der Waals surface area contributed by atoms with Crippen molar-refractivity contribution in [3.8, 4) is 0 Å². The Morgan fingerprint density at radius 2 is 2.00 bits per heavy atom. The molecule has 5 heteroatoms. The predicted octanol–water partition coefficient (Wildman–Crippen LogP) is 1.11. The van der Waals surface area contributed by atoms with Crippen LogP contribution < -0.4 is 16.0 Å². The summed E-state index contributed by atoms with van der Waals surface area (Å²) < 4.78 is 13.7. The van der Waals surface area contributed by atoms with Crippen LogP contribution in [0.2, 0.25) is 0 Å². The molecular weight excluding hydrogens is 233 g/mol. The van der Waals surface area contributed by atoms with Crippen molar-refractivity contribution in [3.63, 3.8) is 0 Å². The molecule has 3 N–H and O–H groups in total. The first kappa shape index (κ1) is 12.8. The number of halogens is 1. The quantitative estimate of drug-likeness (QED) is 0.828. The average Bonchev–Trinajstić information content (AvgIpc) is 2.26. The van der Waals surface area contributed by atoms with Gasteiger partial charge in [0.1, 0.15) is 5.82 Å². The van der Waals surface area contributed by atoms with Gasteiger partial charge < -0.3 is 16.0 Å². The Bertz CT molecular complexity index is 454. The third-order valence-electron chi connectivity index (χ3n) is 3.14. The second-order valence-electron chi connectivity index (χ2n) is 4.90. The monoisotopic (exact) mass is 251 g/mol. The Morgan fingerprint density at radius 3 is 2.50 bits per heavy atom. The maximum absolute atomic E-state index is 13.7. The van der Waals surface area contributed by atoms with Gasteiger partial charge in [0.25, 0.3) is 5.91 Å². The van der Waals surface area contributed by atoms with Crippen molar-refractivity contribution in [2.75, 3.05) is 18.0 Å². The molecule has 1 saturated heterocycles. The van der Waals surface area contributed by atoms with Gasteiger partial charge in [-0.3, -0.25) is 4.79 Å². The molecule has 0 aromatic heterocycles. The predicted molar refractivity (Wildman–Crippen MR) is 69.2 cm³/mol. The fraction of sp³-hybridized carbons (Fsp3) is 0.462. The van der Waals surface area contributed by atoms with Gasteiger partial charge in [0, 0.05) is 30.9 Å². The summed E-state index contributed by atoms with van der Waals surface area (Å²) >= 11 is 0. The summed E-state index contributed by atoms with van der Waals surface area (Å²) in [5.41, 5.74) is 5.81. The zero-order valence-corrected chi connectivity index (χ0v) is 10.6. The number of piperazine rings is 1. The number of anilines is 1. The smallest absolute Gasteiger partial charge is 0.251 e. The summed E-state index contributed by atoms with van der Waals surface area (Å²) in [6.07, 6.45) is 0. The minimum Gasteiger partial charge on any atom is -0.368 e. The Balaban J connectivity index is 2.23. The molecule has 0 radical (unpaired) electrons. The molecule has 18 heavy (non-hydrogen) atoms. The van der Waals surface area contributed by atoms with Crippen LogP contribution in [0.15, 0.2) is 18.2 Å². The first-order chi connectivity index (χ1) is 8.47. The van der Waals surface area contributed by atoms with E-state index in [1.165, 1.54) is 12.1 Å². The molecule has 1 fully saturated rings. The third kappa shape index (κ3) is 2.61. The van der Waals surface area contributed by atoms with Crippen molar-refractivity contribution in [2.45, 2.75) is 25.9 Å². The van der Waals surface area contributed by atoms with E-state index in [1.807, 2.05) is 0 Å². The van der Waals surface area contributed by atoms with Crippen LogP contribution in [0.1, 0.15) is 24.2 Å². The van der Waals surface area contributed by atoms with E-state index < -0.39 is 11.7 Å². The minimum absolute atomic E-state index is 0.0602. The summed E-state index contributed by atoms with van der Waals surface area (Å²) in [6, 6.07) is 5.28. The number of benzene rings is 1. The Morgan fingerprint density at radius 1 is 1.39 bits per heavy atom. The first-order valence-corrected chi connectivity index (χ1v) is 6.07. The Hall–Kier alpha value is -1.62. The van der Waals surface area contributed by atoms with Crippen LogP contribution in [0.3, 0.4) is 0 Å². The molecule has 0 bridgehead atoms. The standard InChI is InChI=1S/C13H18FN3O/c1-8-6-17(7-9(2)16-8)10-3-4-11(13(15)18)12(14)5-10/h3-5,8-9,16H,6-7H2,1-2H3,(H2,15,18)/t8-,9+. The molecule has 2 atom stereocenters. The van der Waals surface area contributed by atoms with Gasteiger partial charge in [-0.25, -0.2) is 4.39 Å². The first-order valence-electron chi connectivity index (χ1n) is 6.07. The third-order valence-corrected chi connectivity index (χ3v) is 3.14. The molecule has 98 valence electrons. The summed E-state index contributed by atoms with van der Waals surface area (Å²) in [5.74, 6) is -1.29. The second-order valence-corrected chi connectivity index (χ2v) is 4.90. The van der Waals surface area contributed by atoms with Gasteiger partial charge in [0.05, 0.1) is 5.56 Å². The van der Waals surface area contributed by atoms with Gasteiger partial charge in [0.15, 0.2) is 0 Å². The van der Waals surface area contributed by atoms with Crippen LogP contribution in [0.5, 0.6) is 0 Å². The topological polar surface area (TPSA) is 58.4 Å². The normalized spacial score (nSPS) is 24.1. The van der Waals surface area contributed by atoms with Gasteiger partial charge in [0.2, 0.25) is 0 Å². The summed E-state index contributed by atoms with van der Waals surface area (Å²) in [7, 11) is 0. The summed E-state index contributed by atoms with van der Waals surface area (Å²) in [6.45, 7) is 5.83. The number of hydrogen-bond donors (Lipinski definition) is 2. The summed E-state index contributed by atoms with van der Waals surface area (Å²) in [4.78, 5) is 13.1. The van der Waals surface area contributed by atoms with Gasteiger partial charge >= 0.3 is 0 Å². The number of carbonyl (C=O) groups is 1. The van der Waals surface area contributed by atoms with Gasteiger partial charge in [-0.05, 0) is 32.0 Å². The molecule has 1 aliphatic rings. The molecule has 1 heterocycles. The van der Waals surface area contributed by atoms with Crippen molar-refractivity contribution < 1.29 is 9.18 Å². The highest BCUT2D eigenvalue weighted by Gasteiger charge is 2.22. The largest absolute Gasteiger partial charge is 0.368 e. The van der Waals surface area contributed by atoms with Crippen LogP contribution in [0.4, 0.5) is 10.1 Å². The molecular formula is C13H18FN3O. The van der Waals surface area contributed by atoms with Crippen LogP contribution in [-0.2, 0) is 0 Å². The van der Waals surface area contributed by atoms with E-state index in [2.05, 4.69) is 24.1 Å². The number of rotatable bonds is 2. The van der Waals surface area contributed by atoms with E-state index in [0.717, 1.165) is 18.8 Å². The van der Waals surface area contributed by atoms with Gasteiger partial charge in [-0.1, -0.05) is 0 Å². The number of nitrogens with one attached hydrogen (secondary N) is 1. The number of nitrogens with two attached hydrogens (primary N) is 1. The fourth-order valence-electron chi connectivity index (χ4n) is 2.44. The lowest BCUT2D eigenvalue weighted by atomic mass is 10.1. The van der Waals surface area contributed by atoms with Crippen molar-refractivity contribution in [1.82, 2.24) is 5.32 Å². The number of carbonyl (C=O) groups excluding carboxylic acids is 1. The maximum Gasteiger partial charge on any atom is 0.251 e. The average molecular weight is 251 g/mol. The highest BCUT2D eigenvalue weighted by Crippen LogP contribution is 2.21. The minimum atomic E-state index is -0.735. The molecule has 1 aliphatic heterocycles. The van der Waals surface area contributed by atoms with Crippen LogP contribution in [0, 0.1) is 5.82 Å².